The zero-order valence-corrected chi connectivity index (χ0v) is 8.17. The molecule has 2 rings (SSSR count). The lowest BCUT2D eigenvalue weighted by Gasteiger charge is -2.35. The van der Waals surface area contributed by atoms with Crippen LogP contribution in [0.4, 0.5) is 0 Å². The van der Waals surface area contributed by atoms with Crippen LogP contribution in [0.3, 0.4) is 0 Å². The summed E-state index contributed by atoms with van der Waals surface area (Å²) in [5.41, 5.74) is 1.85. The Hall–Kier alpha value is -0.300. The van der Waals surface area contributed by atoms with Crippen LogP contribution >= 0.6 is 0 Å². The van der Waals surface area contributed by atoms with Gasteiger partial charge in [0.25, 0.3) is 0 Å². The van der Waals surface area contributed by atoms with Crippen LogP contribution in [0.15, 0.2) is 11.6 Å². The third-order valence-electron chi connectivity index (χ3n) is 4.00. The van der Waals surface area contributed by atoms with Crippen molar-refractivity contribution in [1.29, 1.82) is 0 Å². The van der Waals surface area contributed by atoms with E-state index in [2.05, 4.69) is 26.8 Å². The highest BCUT2D eigenvalue weighted by Crippen LogP contribution is 2.58. The number of hydrogen-bond acceptors (Lipinski definition) is 1. The first-order chi connectivity index (χ1) is 5.57. The lowest BCUT2D eigenvalue weighted by Crippen LogP contribution is -2.30. The fourth-order valence-electron chi connectivity index (χ4n) is 3.24. The standard InChI is InChI=1S/C11H18O/c1-4-9-8-5-7(6-10(8)12)11(9,2)3/h4,7-8,10,12H,5-6H2,1-3H3/b9-4+/t7-,8-,10+/m0/s1. The molecule has 0 heterocycles. The van der Waals surface area contributed by atoms with Crippen molar-refractivity contribution in [2.75, 3.05) is 0 Å². The first-order valence-electron chi connectivity index (χ1n) is 4.92. The number of rotatable bonds is 0. The van der Waals surface area contributed by atoms with Gasteiger partial charge in [-0.05, 0) is 31.1 Å². The van der Waals surface area contributed by atoms with E-state index in [1.807, 2.05) is 0 Å². The lowest BCUT2D eigenvalue weighted by molar-refractivity contribution is 0.107. The topological polar surface area (TPSA) is 20.2 Å². The molecular weight excluding hydrogens is 148 g/mol. The summed E-state index contributed by atoms with van der Waals surface area (Å²) in [6.07, 6.45) is 4.41. The number of allylic oxidation sites excluding steroid dienone is 1. The van der Waals surface area contributed by atoms with E-state index in [1.54, 1.807) is 0 Å². The molecule has 0 radical (unpaired) electrons. The summed E-state index contributed by atoms with van der Waals surface area (Å²) in [6.45, 7) is 6.74. The Morgan fingerprint density at radius 2 is 2.08 bits per heavy atom. The van der Waals surface area contributed by atoms with Crippen LogP contribution in [0.25, 0.3) is 0 Å². The van der Waals surface area contributed by atoms with Crippen LogP contribution in [0.1, 0.15) is 33.6 Å². The van der Waals surface area contributed by atoms with Crippen molar-refractivity contribution in [3.8, 4) is 0 Å². The summed E-state index contributed by atoms with van der Waals surface area (Å²) in [6, 6.07) is 0. The predicted molar refractivity (Wildman–Crippen MR) is 49.8 cm³/mol. The molecule has 3 atom stereocenters. The van der Waals surface area contributed by atoms with E-state index < -0.39 is 0 Å². The Morgan fingerprint density at radius 3 is 2.50 bits per heavy atom. The van der Waals surface area contributed by atoms with Gasteiger partial charge >= 0.3 is 0 Å². The zero-order valence-electron chi connectivity index (χ0n) is 8.17. The van der Waals surface area contributed by atoms with Crippen LogP contribution in [0.5, 0.6) is 0 Å². The molecule has 1 heteroatoms. The van der Waals surface area contributed by atoms with Crippen molar-refractivity contribution in [3.05, 3.63) is 11.6 Å². The molecule has 0 aromatic carbocycles. The van der Waals surface area contributed by atoms with Gasteiger partial charge in [-0.2, -0.15) is 0 Å². The molecule has 0 saturated heterocycles. The Balaban J connectivity index is 2.36. The highest BCUT2D eigenvalue weighted by molar-refractivity contribution is 5.27. The monoisotopic (exact) mass is 166 g/mol. The third kappa shape index (κ3) is 0.832. The Bertz CT molecular complexity index is 227. The fraction of sp³-hybridized carbons (Fsp3) is 0.818. The third-order valence-corrected chi connectivity index (χ3v) is 4.00. The Kier molecular flexibility index (Phi) is 1.63. The van der Waals surface area contributed by atoms with Gasteiger partial charge < -0.3 is 5.11 Å². The van der Waals surface area contributed by atoms with Gasteiger partial charge in [-0.1, -0.05) is 25.5 Å². The van der Waals surface area contributed by atoms with Crippen molar-refractivity contribution in [1.82, 2.24) is 0 Å². The molecular formula is C11H18O. The maximum Gasteiger partial charge on any atom is 0.0608 e. The average Bonchev–Trinajstić information content (AvgIpc) is 2.43. The first kappa shape index (κ1) is 8.31. The van der Waals surface area contributed by atoms with Gasteiger partial charge in [-0.25, -0.2) is 0 Å². The van der Waals surface area contributed by atoms with Gasteiger partial charge in [0.05, 0.1) is 6.10 Å². The molecule has 1 N–H and O–H groups in total. The van der Waals surface area contributed by atoms with Gasteiger partial charge in [0, 0.05) is 5.92 Å². The summed E-state index contributed by atoms with van der Waals surface area (Å²) in [4.78, 5) is 0. The highest BCUT2D eigenvalue weighted by Gasteiger charge is 2.52. The molecule has 2 bridgehead atoms. The summed E-state index contributed by atoms with van der Waals surface area (Å²) < 4.78 is 0. The average molecular weight is 166 g/mol. The van der Waals surface area contributed by atoms with Gasteiger partial charge in [0.2, 0.25) is 0 Å². The van der Waals surface area contributed by atoms with Gasteiger partial charge in [0.1, 0.15) is 0 Å². The second-order valence-electron chi connectivity index (χ2n) is 4.81. The predicted octanol–water partition coefficient (Wildman–Crippen LogP) is 2.36. The van der Waals surface area contributed by atoms with Gasteiger partial charge in [0.15, 0.2) is 0 Å². The summed E-state index contributed by atoms with van der Waals surface area (Å²) in [5, 5.41) is 9.71. The van der Waals surface area contributed by atoms with Crippen molar-refractivity contribution >= 4 is 0 Å². The van der Waals surface area contributed by atoms with Crippen molar-refractivity contribution in [2.45, 2.75) is 39.7 Å². The number of aliphatic hydroxyl groups excluding tert-OH is 1. The maximum absolute atomic E-state index is 9.71. The Labute approximate surface area is 74.5 Å². The minimum atomic E-state index is -0.0470. The minimum Gasteiger partial charge on any atom is -0.392 e. The molecule has 0 aliphatic heterocycles. The normalized spacial score (nSPS) is 47.3. The quantitative estimate of drug-likeness (QED) is 0.548. The molecule has 0 aromatic rings. The molecule has 0 spiro atoms. The molecule has 68 valence electrons. The van der Waals surface area contributed by atoms with Crippen molar-refractivity contribution in [3.63, 3.8) is 0 Å². The number of hydrogen-bond donors (Lipinski definition) is 1. The highest BCUT2D eigenvalue weighted by atomic mass is 16.3. The number of aliphatic hydroxyl groups is 1. The second kappa shape index (κ2) is 2.35. The molecule has 1 nitrogen and oxygen atoms in total. The molecule has 2 saturated carbocycles. The van der Waals surface area contributed by atoms with Gasteiger partial charge in [-0.15, -0.1) is 0 Å². The summed E-state index contributed by atoms with van der Waals surface area (Å²) >= 11 is 0. The van der Waals surface area contributed by atoms with Gasteiger partial charge in [-0.3, -0.25) is 0 Å². The van der Waals surface area contributed by atoms with Crippen molar-refractivity contribution in [2.24, 2.45) is 17.3 Å². The van der Waals surface area contributed by atoms with E-state index in [1.165, 1.54) is 12.0 Å². The van der Waals surface area contributed by atoms with E-state index in [-0.39, 0.29) is 6.10 Å². The molecule has 2 aliphatic carbocycles. The van der Waals surface area contributed by atoms with Crippen LogP contribution in [0, 0.1) is 17.3 Å². The molecule has 0 aromatic heterocycles. The first-order valence-corrected chi connectivity index (χ1v) is 4.92. The van der Waals surface area contributed by atoms with E-state index in [0.29, 0.717) is 11.3 Å². The van der Waals surface area contributed by atoms with Crippen LogP contribution < -0.4 is 0 Å². The smallest absolute Gasteiger partial charge is 0.0608 e. The largest absolute Gasteiger partial charge is 0.392 e. The fourth-order valence-corrected chi connectivity index (χ4v) is 3.24. The Morgan fingerprint density at radius 1 is 1.42 bits per heavy atom. The molecule has 12 heavy (non-hydrogen) atoms. The van der Waals surface area contributed by atoms with E-state index in [9.17, 15) is 5.11 Å². The lowest BCUT2D eigenvalue weighted by atomic mass is 9.72. The summed E-state index contributed by atoms with van der Waals surface area (Å²) in [7, 11) is 0. The molecule has 0 amide bonds. The molecule has 2 aliphatic rings. The number of fused-ring (bicyclic) bond motifs is 2. The summed E-state index contributed by atoms with van der Waals surface area (Å²) in [5.74, 6) is 1.21. The second-order valence-corrected chi connectivity index (χ2v) is 4.81. The van der Waals surface area contributed by atoms with E-state index >= 15 is 0 Å². The van der Waals surface area contributed by atoms with Crippen LogP contribution in [-0.4, -0.2) is 11.2 Å². The van der Waals surface area contributed by atoms with Crippen LogP contribution in [-0.2, 0) is 0 Å². The zero-order chi connectivity index (χ0) is 8.93. The SMILES string of the molecule is C/C=C1\[C@@H]2C[C@@H](C[C@H]2O)C1(C)C. The van der Waals surface area contributed by atoms with E-state index in [0.717, 1.165) is 12.3 Å². The van der Waals surface area contributed by atoms with E-state index in [4.69, 9.17) is 0 Å². The maximum atomic E-state index is 9.71. The minimum absolute atomic E-state index is 0.0470. The molecule has 0 unspecified atom stereocenters. The van der Waals surface area contributed by atoms with Crippen molar-refractivity contribution < 1.29 is 5.11 Å². The molecule has 2 fully saturated rings. The van der Waals surface area contributed by atoms with Crippen LogP contribution in [0.2, 0.25) is 0 Å².